The first-order valence-corrected chi connectivity index (χ1v) is 10.3. The second-order valence-electron chi connectivity index (χ2n) is 8.30. The summed E-state index contributed by atoms with van der Waals surface area (Å²) in [7, 11) is 1.61. The van der Waals surface area contributed by atoms with Crippen LogP contribution >= 0.6 is 0 Å². The Labute approximate surface area is 172 Å². The molecule has 5 heteroatoms. The van der Waals surface area contributed by atoms with Gasteiger partial charge in [0, 0.05) is 24.7 Å². The van der Waals surface area contributed by atoms with Gasteiger partial charge >= 0.3 is 0 Å². The van der Waals surface area contributed by atoms with Crippen molar-refractivity contribution in [2.45, 2.75) is 38.8 Å². The van der Waals surface area contributed by atoms with E-state index in [9.17, 15) is 9.59 Å². The second kappa shape index (κ2) is 7.54. The lowest BCUT2D eigenvalue weighted by Crippen LogP contribution is -2.68. The van der Waals surface area contributed by atoms with E-state index in [0.29, 0.717) is 31.5 Å². The normalized spacial score (nSPS) is 20.7. The molecule has 2 amide bonds. The fourth-order valence-electron chi connectivity index (χ4n) is 4.85. The van der Waals surface area contributed by atoms with Gasteiger partial charge in [0.15, 0.2) is 0 Å². The van der Waals surface area contributed by atoms with Gasteiger partial charge in [-0.2, -0.15) is 0 Å². The van der Waals surface area contributed by atoms with Crippen molar-refractivity contribution < 1.29 is 14.3 Å². The minimum Gasteiger partial charge on any atom is -0.497 e. The molecule has 2 fully saturated rings. The van der Waals surface area contributed by atoms with Crippen LogP contribution in [0.15, 0.2) is 54.6 Å². The van der Waals surface area contributed by atoms with Crippen LogP contribution in [0.25, 0.3) is 0 Å². The first kappa shape index (κ1) is 19.5. The molecule has 29 heavy (non-hydrogen) atoms. The lowest BCUT2D eigenvalue weighted by atomic mass is 9.61. The summed E-state index contributed by atoms with van der Waals surface area (Å²) in [5, 5.41) is 0. The standard InChI is InChI=1S/C24H28N2O3/c1-17(2)26-21(18-7-5-4-6-8-18)24(23(26)28)13-15-25(16-14-24)22(27)19-9-11-20(29-3)12-10-19/h4-12,17,21H,13-16H2,1-3H3. The van der Waals surface area contributed by atoms with Crippen LogP contribution in [0.2, 0.25) is 0 Å². The Morgan fingerprint density at radius 3 is 2.21 bits per heavy atom. The van der Waals surface area contributed by atoms with E-state index < -0.39 is 0 Å². The summed E-state index contributed by atoms with van der Waals surface area (Å²) in [4.78, 5) is 30.0. The van der Waals surface area contributed by atoms with E-state index in [1.807, 2.05) is 28.0 Å². The molecule has 0 saturated carbocycles. The number of hydrogen-bond donors (Lipinski definition) is 0. The van der Waals surface area contributed by atoms with Crippen LogP contribution in [0.4, 0.5) is 0 Å². The number of hydrogen-bond acceptors (Lipinski definition) is 3. The van der Waals surface area contributed by atoms with Crippen molar-refractivity contribution in [1.82, 2.24) is 9.80 Å². The van der Waals surface area contributed by atoms with Crippen molar-refractivity contribution in [1.29, 1.82) is 0 Å². The lowest BCUT2D eigenvalue weighted by Gasteiger charge is -2.60. The topological polar surface area (TPSA) is 49.9 Å². The number of piperidine rings is 1. The minimum absolute atomic E-state index is 0.0197. The minimum atomic E-state index is -0.387. The van der Waals surface area contributed by atoms with Crippen molar-refractivity contribution in [3.05, 3.63) is 65.7 Å². The predicted octanol–water partition coefficient (Wildman–Crippen LogP) is 3.91. The summed E-state index contributed by atoms with van der Waals surface area (Å²) in [5.74, 6) is 0.989. The van der Waals surface area contributed by atoms with Gasteiger partial charge in [-0.3, -0.25) is 9.59 Å². The van der Waals surface area contributed by atoms with Crippen molar-refractivity contribution in [2.75, 3.05) is 20.2 Å². The Hall–Kier alpha value is -2.82. The Kier molecular flexibility index (Phi) is 5.07. The van der Waals surface area contributed by atoms with Crippen LogP contribution in [-0.2, 0) is 4.79 Å². The molecule has 2 aromatic rings. The van der Waals surface area contributed by atoms with E-state index in [2.05, 4.69) is 26.0 Å². The van der Waals surface area contributed by atoms with Gasteiger partial charge in [0.25, 0.3) is 5.91 Å². The average Bonchev–Trinajstić information content (AvgIpc) is 2.77. The molecule has 5 nitrogen and oxygen atoms in total. The molecular formula is C24H28N2O3. The number of carbonyl (C=O) groups is 2. The second-order valence-corrected chi connectivity index (χ2v) is 8.30. The Bertz CT molecular complexity index is 884. The first-order chi connectivity index (χ1) is 14.0. The number of β-lactam (4-membered cyclic amide) rings is 1. The number of nitrogens with zero attached hydrogens (tertiary/aromatic N) is 2. The maximum absolute atomic E-state index is 13.2. The van der Waals surface area contributed by atoms with Gasteiger partial charge in [0.05, 0.1) is 18.6 Å². The maximum Gasteiger partial charge on any atom is 0.253 e. The van der Waals surface area contributed by atoms with E-state index in [0.717, 1.165) is 5.75 Å². The number of benzene rings is 2. The largest absolute Gasteiger partial charge is 0.497 e. The average molecular weight is 392 g/mol. The molecule has 0 N–H and O–H groups in total. The summed E-state index contributed by atoms with van der Waals surface area (Å²) in [5.41, 5.74) is 1.46. The number of carbonyl (C=O) groups excluding carboxylic acids is 2. The van der Waals surface area contributed by atoms with Gasteiger partial charge in [-0.1, -0.05) is 30.3 Å². The van der Waals surface area contributed by atoms with Crippen molar-refractivity contribution in [3.63, 3.8) is 0 Å². The molecule has 2 heterocycles. The monoisotopic (exact) mass is 392 g/mol. The van der Waals surface area contributed by atoms with Gasteiger partial charge in [-0.15, -0.1) is 0 Å². The van der Waals surface area contributed by atoms with E-state index in [4.69, 9.17) is 4.74 Å². The fourth-order valence-corrected chi connectivity index (χ4v) is 4.85. The van der Waals surface area contributed by atoms with Crippen LogP contribution in [0.1, 0.15) is 48.7 Å². The third kappa shape index (κ3) is 3.18. The van der Waals surface area contributed by atoms with Gasteiger partial charge in [-0.25, -0.2) is 0 Å². The highest BCUT2D eigenvalue weighted by Gasteiger charge is 2.62. The Morgan fingerprint density at radius 2 is 1.66 bits per heavy atom. The lowest BCUT2D eigenvalue weighted by molar-refractivity contribution is -0.184. The quantitative estimate of drug-likeness (QED) is 0.742. The van der Waals surface area contributed by atoms with Crippen molar-refractivity contribution in [3.8, 4) is 5.75 Å². The van der Waals surface area contributed by atoms with Gasteiger partial charge in [0.1, 0.15) is 5.75 Å². The first-order valence-electron chi connectivity index (χ1n) is 10.3. The molecule has 4 rings (SSSR count). The van der Waals surface area contributed by atoms with Crippen molar-refractivity contribution >= 4 is 11.8 Å². The molecule has 152 valence electrons. The molecule has 0 radical (unpaired) electrons. The zero-order valence-corrected chi connectivity index (χ0v) is 17.3. The van der Waals surface area contributed by atoms with Crippen molar-refractivity contribution in [2.24, 2.45) is 5.41 Å². The SMILES string of the molecule is COc1ccc(C(=O)N2CCC3(CC2)C(=O)N(C(C)C)C3c2ccccc2)cc1. The molecule has 0 aromatic heterocycles. The third-order valence-electron chi connectivity index (χ3n) is 6.41. The molecular weight excluding hydrogens is 364 g/mol. The van der Waals surface area contributed by atoms with Gasteiger partial charge in [0.2, 0.25) is 5.91 Å². The number of amides is 2. The Balaban J connectivity index is 1.52. The Morgan fingerprint density at radius 1 is 1.03 bits per heavy atom. The van der Waals surface area contributed by atoms with E-state index in [-0.39, 0.29) is 29.3 Å². The zero-order chi connectivity index (χ0) is 20.6. The third-order valence-corrected chi connectivity index (χ3v) is 6.41. The summed E-state index contributed by atoms with van der Waals surface area (Å²) < 4.78 is 5.17. The summed E-state index contributed by atoms with van der Waals surface area (Å²) in [6.07, 6.45) is 1.41. The molecule has 2 saturated heterocycles. The van der Waals surface area contributed by atoms with Crippen LogP contribution in [0, 0.1) is 5.41 Å². The number of ether oxygens (including phenoxy) is 1. The highest BCUT2D eigenvalue weighted by atomic mass is 16.5. The van der Waals surface area contributed by atoms with Crippen LogP contribution < -0.4 is 4.74 Å². The maximum atomic E-state index is 13.2. The van der Waals surface area contributed by atoms with Gasteiger partial charge < -0.3 is 14.5 Å². The molecule has 2 aliphatic heterocycles. The fraction of sp³-hybridized carbons (Fsp3) is 0.417. The smallest absolute Gasteiger partial charge is 0.253 e. The van der Waals surface area contributed by atoms with Crippen LogP contribution in [0.3, 0.4) is 0 Å². The number of methoxy groups -OCH3 is 1. The van der Waals surface area contributed by atoms with Crippen LogP contribution in [-0.4, -0.2) is 47.9 Å². The summed E-state index contributed by atoms with van der Waals surface area (Å²) >= 11 is 0. The highest BCUT2D eigenvalue weighted by molar-refractivity contribution is 5.95. The predicted molar refractivity (Wildman–Crippen MR) is 112 cm³/mol. The number of likely N-dealkylation sites (tertiary alicyclic amines) is 2. The molecule has 2 aliphatic rings. The van der Waals surface area contributed by atoms with E-state index >= 15 is 0 Å². The van der Waals surface area contributed by atoms with Gasteiger partial charge in [-0.05, 0) is 56.5 Å². The molecule has 1 atom stereocenters. The molecule has 0 bridgehead atoms. The molecule has 1 spiro atoms. The molecule has 2 aromatic carbocycles. The zero-order valence-electron chi connectivity index (χ0n) is 17.3. The summed E-state index contributed by atoms with van der Waals surface area (Å²) in [6, 6.07) is 17.8. The van der Waals surface area contributed by atoms with Crippen LogP contribution in [0.5, 0.6) is 5.75 Å². The van der Waals surface area contributed by atoms with E-state index in [1.54, 1.807) is 31.4 Å². The molecule has 0 aliphatic carbocycles. The summed E-state index contributed by atoms with van der Waals surface area (Å²) in [6.45, 7) is 5.35. The van der Waals surface area contributed by atoms with E-state index in [1.165, 1.54) is 5.56 Å². The number of rotatable bonds is 4. The highest BCUT2D eigenvalue weighted by Crippen LogP contribution is 2.56. The molecule has 1 unspecified atom stereocenters.